The number of nitrogens with one attached hydrogen (secondary N) is 1. The van der Waals surface area contributed by atoms with E-state index in [2.05, 4.69) is 29.8 Å². The van der Waals surface area contributed by atoms with Crippen molar-refractivity contribution in [2.45, 2.75) is 37.3 Å². The van der Waals surface area contributed by atoms with Gasteiger partial charge < -0.3 is 20.5 Å². The third-order valence-corrected chi connectivity index (χ3v) is 4.95. The lowest BCUT2D eigenvalue weighted by molar-refractivity contribution is -0.208. The molecule has 1 aromatic carbocycles. The standard InChI is InChI=1S/C19H15ClF7N5O3/c1-17(4-12(19(25,26)27)35-16(28)32-17)9-2-8(3-10(20)14(9)21)31-15(33)11-5-30-13(6-29-11)34-7-18(22,23)24/h2-3,5-6,12H,4,7H2,1H3,(H2,28,32)(H,31,33)/t12-,17+/m0/s1. The van der Waals surface area contributed by atoms with E-state index in [0.29, 0.717) is 0 Å². The van der Waals surface area contributed by atoms with Gasteiger partial charge in [0.05, 0.1) is 23.0 Å². The van der Waals surface area contributed by atoms with Crippen molar-refractivity contribution < 1.29 is 45.0 Å². The Morgan fingerprint density at radius 3 is 2.51 bits per heavy atom. The van der Waals surface area contributed by atoms with Gasteiger partial charge in [-0.05, 0) is 19.1 Å². The van der Waals surface area contributed by atoms with E-state index in [9.17, 15) is 35.5 Å². The second-order valence-corrected chi connectivity index (χ2v) is 7.90. The third-order valence-electron chi connectivity index (χ3n) is 4.68. The topological polar surface area (TPSA) is 112 Å². The summed E-state index contributed by atoms with van der Waals surface area (Å²) in [5, 5.41) is 1.77. The van der Waals surface area contributed by atoms with E-state index in [-0.39, 0.29) is 11.4 Å². The number of halogens is 8. The number of aliphatic imine (C=N–C) groups is 1. The maximum Gasteiger partial charge on any atom is 0.425 e. The van der Waals surface area contributed by atoms with Gasteiger partial charge in [-0.3, -0.25) is 4.79 Å². The summed E-state index contributed by atoms with van der Waals surface area (Å²) in [6.45, 7) is -0.428. The smallest absolute Gasteiger partial charge is 0.425 e. The van der Waals surface area contributed by atoms with Crippen LogP contribution >= 0.6 is 11.6 Å². The molecule has 3 N–H and O–H groups in total. The molecule has 2 aromatic rings. The summed E-state index contributed by atoms with van der Waals surface area (Å²) in [5.41, 5.74) is 2.64. The predicted octanol–water partition coefficient (Wildman–Crippen LogP) is 4.34. The van der Waals surface area contributed by atoms with Crippen LogP contribution in [0.15, 0.2) is 29.5 Å². The quantitative estimate of drug-likeness (QED) is 0.557. The van der Waals surface area contributed by atoms with Crippen LogP contribution in [0.25, 0.3) is 0 Å². The first kappa shape index (κ1) is 26.2. The molecule has 0 spiro atoms. The number of carbonyl (C=O) groups is 1. The van der Waals surface area contributed by atoms with Gasteiger partial charge in [0.1, 0.15) is 11.5 Å². The molecule has 2 heterocycles. The molecule has 0 bridgehead atoms. The van der Waals surface area contributed by atoms with Gasteiger partial charge in [-0.1, -0.05) is 11.6 Å². The number of rotatable bonds is 5. The molecule has 1 aromatic heterocycles. The lowest BCUT2D eigenvalue weighted by Crippen LogP contribution is -2.46. The van der Waals surface area contributed by atoms with Gasteiger partial charge in [-0.25, -0.2) is 19.4 Å². The first-order valence-electron chi connectivity index (χ1n) is 9.48. The fourth-order valence-corrected chi connectivity index (χ4v) is 3.35. The second-order valence-electron chi connectivity index (χ2n) is 7.49. The fourth-order valence-electron chi connectivity index (χ4n) is 3.13. The minimum Gasteiger partial charge on any atom is -0.467 e. The van der Waals surface area contributed by atoms with Gasteiger partial charge >= 0.3 is 12.4 Å². The number of aromatic nitrogens is 2. The Kier molecular flexibility index (Phi) is 7.02. The summed E-state index contributed by atoms with van der Waals surface area (Å²) in [7, 11) is 0. The molecule has 0 saturated carbocycles. The summed E-state index contributed by atoms with van der Waals surface area (Å²) < 4.78 is 100. The Balaban J connectivity index is 1.84. The summed E-state index contributed by atoms with van der Waals surface area (Å²) in [6.07, 6.45) is -11.0. The van der Waals surface area contributed by atoms with Gasteiger partial charge in [0.25, 0.3) is 11.9 Å². The first-order chi connectivity index (χ1) is 16.1. The molecule has 3 rings (SSSR count). The van der Waals surface area contributed by atoms with Gasteiger partial charge in [-0.15, -0.1) is 0 Å². The minimum absolute atomic E-state index is 0.138. The molecule has 0 fully saturated rings. The van der Waals surface area contributed by atoms with Crippen LogP contribution in [0.5, 0.6) is 5.88 Å². The molecule has 16 heteroatoms. The second kappa shape index (κ2) is 9.36. The summed E-state index contributed by atoms with van der Waals surface area (Å²) >= 11 is 5.89. The Morgan fingerprint density at radius 2 is 1.94 bits per heavy atom. The molecule has 35 heavy (non-hydrogen) atoms. The SMILES string of the molecule is C[C@]1(c2cc(NC(=O)c3cnc(OCC(F)(F)F)cn3)cc(Cl)c2F)C[C@@H](C(F)(F)F)OC(N)=N1. The zero-order chi connectivity index (χ0) is 26.2. The van der Waals surface area contributed by atoms with Crippen LogP contribution in [-0.4, -0.2) is 47.0 Å². The van der Waals surface area contributed by atoms with Crippen LogP contribution in [0.2, 0.25) is 5.02 Å². The van der Waals surface area contributed by atoms with Crippen molar-refractivity contribution in [3.8, 4) is 5.88 Å². The zero-order valence-electron chi connectivity index (χ0n) is 17.5. The predicted molar refractivity (Wildman–Crippen MR) is 107 cm³/mol. The maximum atomic E-state index is 14.8. The van der Waals surface area contributed by atoms with Crippen LogP contribution in [0.3, 0.4) is 0 Å². The number of amides is 1. The number of nitrogens with zero attached hydrogens (tertiary/aromatic N) is 3. The van der Waals surface area contributed by atoms with Crippen molar-refractivity contribution in [2.24, 2.45) is 10.7 Å². The zero-order valence-corrected chi connectivity index (χ0v) is 18.2. The molecule has 0 saturated heterocycles. The number of hydrogen-bond acceptors (Lipinski definition) is 7. The normalized spacial score (nSPS) is 20.6. The van der Waals surface area contributed by atoms with Crippen molar-refractivity contribution in [3.05, 3.63) is 46.6 Å². The van der Waals surface area contributed by atoms with Crippen molar-refractivity contribution >= 4 is 29.2 Å². The average molecular weight is 530 g/mol. The summed E-state index contributed by atoms with van der Waals surface area (Å²) in [6, 6.07) is 1.20. The monoisotopic (exact) mass is 529 g/mol. The van der Waals surface area contributed by atoms with E-state index in [0.717, 1.165) is 24.5 Å². The highest BCUT2D eigenvalue weighted by molar-refractivity contribution is 6.31. The molecule has 8 nitrogen and oxygen atoms in total. The fraction of sp³-hybridized carbons (Fsp3) is 0.368. The minimum atomic E-state index is -4.82. The van der Waals surface area contributed by atoms with Crippen LogP contribution < -0.4 is 15.8 Å². The molecular formula is C19H15ClF7N5O3. The van der Waals surface area contributed by atoms with E-state index in [1.54, 1.807) is 0 Å². The molecule has 1 amide bonds. The molecule has 1 aliphatic rings. The number of carbonyl (C=O) groups excluding carboxylic acids is 1. The number of anilines is 1. The van der Waals surface area contributed by atoms with E-state index in [1.807, 2.05) is 0 Å². The largest absolute Gasteiger partial charge is 0.467 e. The van der Waals surface area contributed by atoms with E-state index in [4.69, 9.17) is 17.3 Å². The van der Waals surface area contributed by atoms with Crippen LogP contribution in [-0.2, 0) is 10.3 Å². The molecular weight excluding hydrogens is 515 g/mol. The van der Waals surface area contributed by atoms with Gasteiger partial charge in [0.2, 0.25) is 5.88 Å². The number of hydrogen-bond donors (Lipinski definition) is 2. The number of amidine groups is 1. The van der Waals surface area contributed by atoms with Crippen LogP contribution in [0, 0.1) is 5.82 Å². The van der Waals surface area contributed by atoms with Crippen LogP contribution in [0.1, 0.15) is 29.4 Å². The lowest BCUT2D eigenvalue weighted by atomic mass is 9.85. The van der Waals surface area contributed by atoms with Gasteiger partial charge in [-0.2, -0.15) is 26.3 Å². The Morgan fingerprint density at radius 1 is 1.26 bits per heavy atom. The molecule has 0 radical (unpaired) electrons. The Hall–Kier alpha value is -3.36. The number of nitrogens with two attached hydrogens (primary N) is 1. The van der Waals surface area contributed by atoms with Crippen molar-refractivity contribution in [2.75, 3.05) is 11.9 Å². The number of ether oxygens (including phenoxy) is 2. The maximum absolute atomic E-state index is 14.8. The van der Waals surface area contributed by atoms with E-state index >= 15 is 0 Å². The number of benzene rings is 1. The lowest BCUT2D eigenvalue weighted by Gasteiger charge is -2.36. The van der Waals surface area contributed by atoms with Gasteiger partial charge in [0, 0.05) is 17.7 Å². The molecule has 190 valence electrons. The average Bonchev–Trinajstić information content (AvgIpc) is 2.73. The number of alkyl halides is 6. The van der Waals surface area contributed by atoms with Crippen LogP contribution in [0.4, 0.5) is 36.4 Å². The van der Waals surface area contributed by atoms with Crippen molar-refractivity contribution in [1.82, 2.24) is 9.97 Å². The molecule has 2 atom stereocenters. The summed E-state index contributed by atoms with van der Waals surface area (Å²) in [4.78, 5) is 23.4. The molecule has 0 aliphatic carbocycles. The Bertz CT molecular complexity index is 1140. The molecule has 1 aliphatic heterocycles. The van der Waals surface area contributed by atoms with Gasteiger partial charge in [0.15, 0.2) is 12.7 Å². The Labute approximate surface area is 197 Å². The summed E-state index contributed by atoms with van der Waals surface area (Å²) in [5.74, 6) is -2.51. The highest BCUT2D eigenvalue weighted by Gasteiger charge is 2.50. The van der Waals surface area contributed by atoms with E-state index < -0.39 is 71.2 Å². The molecule has 0 unspecified atom stereocenters. The van der Waals surface area contributed by atoms with Crippen molar-refractivity contribution in [3.63, 3.8) is 0 Å². The van der Waals surface area contributed by atoms with E-state index in [1.165, 1.54) is 6.92 Å². The highest BCUT2D eigenvalue weighted by Crippen LogP contribution is 2.42. The first-order valence-corrected chi connectivity index (χ1v) is 9.86. The van der Waals surface area contributed by atoms with Crippen molar-refractivity contribution in [1.29, 1.82) is 0 Å². The highest BCUT2D eigenvalue weighted by atomic mass is 35.5. The third kappa shape index (κ3) is 6.41.